The minimum atomic E-state index is -0.355. The summed E-state index contributed by atoms with van der Waals surface area (Å²) in [6.45, 7) is 0.515. The number of methoxy groups -OCH3 is 1. The number of nitro benzene ring substituents is 1. The molecular weight excluding hydrogens is 282 g/mol. The molecule has 0 saturated heterocycles. The monoisotopic (exact) mass is 301 g/mol. The molecule has 116 valence electrons. The lowest BCUT2D eigenvalue weighted by Crippen LogP contribution is -2.11. The molecule has 0 bridgehead atoms. The van der Waals surface area contributed by atoms with Crippen LogP contribution in [0.5, 0.6) is 5.75 Å². The molecule has 0 radical (unpaired) electrons. The number of anilines is 2. The fourth-order valence-electron chi connectivity index (χ4n) is 2.12. The van der Waals surface area contributed by atoms with Gasteiger partial charge < -0.3 is 15.0 Å². The van der Waals surface area contributed by atoms with Crippen LogP contribution >= 0.6 is 0 Å². The standard InChI is InChI=1S/C16H19N3O3/c1-18(2)15-9-4-12(10-16(15)19(20)21)11-17-13-5-7-14(22-3)8-6-13/h4-10,17H,11H2,1-3H3. The van der Waals surface area contributed by atoms with E-state index in [1.54, 1.807) is 38.2 Å². The number of nitro groups is 1. The van der Waals surface area contributed by atoms with Gasteiger partial charge in [-0.3, -0.25) is 10.1 Å². The Labute approximate surface area is 129 Å². The van der Waals surface area contributed by atoms with Crippen molar-refractivity contribution in [3.8, 4) is 5.75 Å². The summed E-state index contributed by atoms with van der Waals surface area (Å²) in [6, 6.07) is 12.8. The van der Waals surface area contributed by atoms with Gasteiger partial charge in [0.05, 0.1) is 12.0 Å². The summed E-state index contributed by atoms with van der Waals surface area (Å²) in [6.07, 6.45) is 0. The van der Waals surface area contributed by atoms with Crippen LogP contribution in [0.2, 0.25) is 0 Å². The first-order valence-electron chi connectivity index (χ1n) is 6.84. The van der Waals surface area contributed by atoms with Crippen LogP contribution in [0, 0.1) is 10.1 Å². The average molecular weight is 301 g/mol. The Morgan fingerprint density at radius 1 is 1.18 bits per heavy atom. The maximum absolute atomic E-state index is 11.2. The molecule has 0 heterocycles. The molecule has 2 aromatic rings. The Kier molecular flexibility index (Phi) is 4.83. The number of ether oxygens (including phenoxy) is 1. The van der Waals surface area contributed by atoms with Crippen molar-refractivity contribution < 1.29 is 9.66 Å². The summed E-state index contributed by atoms with van der Waals surface area (Å²) in [5.41, 5.74) is 2.49. The van der Waals surface area contributed by atoms with Gasteiger partial charge in [-0.15, -0.1) is 0 Å². The highest BCUT2D eigenvalue weighted by molar-refractivity contribution is 5.63. The predicted molar refractivity (Wildman–Crippen MR) is 87.7 cm³/mol. The van der Waals surface area contributed by atoms with Gasteiger partial charge in [0.1, 0.15) is 11.4 Å². The normalized spacial score (nSPS) is 10.1. The van der Waals surface area contributed by atoms with Crippen LogP contribution in [0.15, 0.2) is 42.5 Å². The van der Waals surface area contributed by atoms with Gasteiger partial charge >= 0.3 is 0 Å². The number of benzene rings is 2. The first-order chi connectivity index (χ1) is 10.5. The average Bonchev–Trinajstić information content (AvgIpc) is 2.53. The summed E-state index contributed by atoms with van der Waals surface area (Å²) in [5, 5.41) is 14.4. The topological polar surface area (TPSA) is 67.6 Å². The molecule has 0 spiro atoms. The van der Waals surface area contributed by atoms with Crippen LogP contribution in [0.25, 0.3) is 0 Å². The van der Waals surface area contributed by atoms with Crippen molar-refractivity contribution in [2.75, 3.05) is 31.4 Å². The summed E-state index contributed by atoms with van der Waals surface area (Å²) in [7, 11) is 5.20. The van der Waals surface area contributed by atoms with Crippen molar-refractivity contribution in [3.05, 3.63) is 58.1 Å². The molecule has 0 saturated carbocycles. The van der Waals surface area contributed by atoms with Crippen molar-refractivity contribution in [1.82, 2.24) is 0 Å². The van der Waals surface area contributed by atoms with E-state index in [2.05, 4.69) is 5.32 Å². The van der Waals surface area contributed by atoms with E-state index in [1.165, 1.54) is 0 Å². The van der Waals surface area contributed by atoms with Gasteiger partial charge in [0.15, 0.2) is 0 Å². The predicted octanol–water partition coefficient (Wildman–Crippen LogP) is 3.28. The number of nitrogens with one attached hydrogen (secondary N) is 1. The number of hydrogen-bond acceptors (Lipinski definition) is 5. The molecule has 0 amide bonds. The Morgan fingerprint density at radius 3 is 2.41 bits per heavy atom. The molecule has 0 fully saturated rings. The minimum Gasteiger partial charge on any atom is -0.497 e. The van der Waals surface area contributed by atoms with E-state index in [1.807, 2.05) is 30.3 Å². The minimum absolute atomic E-state index is 0.110. The van der Waals surface area contributed by atoms with Crippen molar-refractivity contribution in [2.45, 2.75) is 6.54 Å². The van der Waals surface area contributed by atoms with Crippen molar-refractivity contribution >= 4 is 17.1 Å². The van der Waals surface area contributed by atoms with E-state index >= 15 is 0 Å². The summed E-state index contributed by atoms with van der Waals surface area (Å²) in [4.78, 5) is 12.5. The van der Waals surface area contributed by atoms with Gasteiger partial charge in [-0.25, -0.2) is 0 Å². The first kappa shape index (κ1) is 15.6. The molecule has 0 atom stereocenters. The molecule has 22 heavy (non-hydrogen) atoms. The van der Waals surface area contributed by atoms with Crippen LogP contribution in [0.3, 0.4) is 0 Å². The molecule has 2 aromatic carbocycles. The smallest absolute Gasteiger partial charge is 0.292 e. The third kappa shape index (κ3) is 3.66. The van der Waals surface area contributed by atoms with E-state index in [0.29, 0.717) is 12.2 Å². The van der Waals surface area contributed by atoms with E-state index in [-0.39, 0.29) is 10.6 Å². The lowest BCUT2D eigenvalue weighted by atomic mass is 10.1. The van der Waals surface area contributed by atoms with Crippen molar-refractivity contribution in [2.24, 2.45) is 0 Å². The van der Waals surface area contributed by atoms with Gasteiger partial charge in [-0.05, 0) is 35.9 Å². The molecule has 6 nitrogen and oxygen atoms in total. The Hall–Kier alpha value is -2.76. The summed E-state index contributed by atoms with van der Waals surface area (Å²) < 4.78 is 5.10. The third-order valence-electron chi connectivity index (χ3n) is 3.30. The second-order valence-electron chi connectivity index (χ2n) is 5.06. The van der Waals surface area contributed by atoms with E-state index < -0.39 is 0 Å². The maximum atomic E-state index is 11.2. The Bertz CT molecular complexity index is 654. The lowest BCUT2D eigenvalue weighted by molar-refractivity contribution is -0.384. The fourth-order valence-corrected chi connectivity index (χ4v) is 2.12. The Morgan fingerprint density at radius 2 is 1.86 bits per heavy atom. The fraction of sp³-hybridized carbons (Fsp3) is 0.250. The van der Waals surface area contributed by atoms with E-state index in [4.69, 9.17) is 4.74 Å². The Balaban J connectivity index is 2.12. The largest absolute Gasteiger partial charge is 0.497 e. The highest BCUT2D eigenvalue weighted by Crippen LogP contribution is 2.28. The highest BCUT2D eigenvalue weighted by Gasteiger charge is 2.15. The van der Waals surface area contributed by atoms with Crippen LogP contribution in [-0.2, 0) is 6.54 Å². The second kappa shape index (κ2) is 6.80. The van der Waals surface area contributed by atoms with Crippen LogP contribution < -0.4 is 15.0 Å². The van der Waals surface area contributed by atoms with Crippen LogP contribution in [-0.4, -0.2) is 26.1 Å². The number of hydrogen-bond donors (Lipinski definition) is 1. The van der Waals surface area contributed by atoms with Gasteiger partial charge in [0, 0.05) is 32.4 Å². The molecule has 0 unspecified atom stereocenters. The number of nitrogens with zero attached hydrogens (tertiary/aromatic N) is 2. The molecule has 0 aliphatic heterocycles. The molecule has 1 N–H and O–H groups in total. The molecular formula is C16H19N3O3. The van der Waals surface area contributed by atoms with Crippen molar-refractivity contribution in [1.29, 1.82) is 0 Å². The molecule has 6 heteroatoms. The zero-order valence-electron chi connectivity index (χ0n) is 12.9. The van der Waals surface area contributed by atoms with Gasteiger partial charge in [0.2, 0.25) is 0 Å². The maximum Gasteiger partial charge on any atom is 0.292 e. The van der Waals surface area contributed by atoms with E-state index in [0.717, 1.165) is 17.0 Å². The second-order valence-corrected chi connectivity index (χ2v) is 5.06. The summed E-state index contributed by atoms with van der Waals surface area (Å²) >= 11 is 0. The van der Waals surface area contributed by atoms with Gasteiger partial charge in [-0.2, -0.15) is 0 Å². The zero-order chi connectivity index (χ0) is 16.1. The third-order valence-corrected chi connectivity index (χ3v) is 3.30. The number of rotatable bonds is 6. The molecule has 2 rings (SSSR count). The molecule has 0 aliphatic carbocycles. The van der Waals surface area contributed by atoms with Crippen LogP contribution in [0.1, 0.15) is 5.56 Å². The SMILES string of the molecule is COc1ccc(NCc2ccc(N(C)C)c([N+](=O)[O-])c2)cc1. The van der Waals surface area contributed by atoms with Crippen molar-refractivity contribution in [3.63, 3.8) is 0 Å². The van der Waals surface area contributed by atoms with Gasteiger partial charge in [0.25, 0.3) is 5.69 Å². The molecule has 0 aliphatic rings. The molecule has 0 aromatic heterocycles. The van der Waals surface area contributed by atoms with Gasteiger partial charge in [-0.1, -0.05) is 6.07 Å². The van der Waals surface area contributed by atoms with E-state index in [9.17, 15) is 10.1 Å². The van der Waals surface area contributed by atoms with Crippen LogP contribution in [0.4, 0.5) is 17.1 Å². The zero-order valence-corrected chi connectivity index (χ0v) is 12.9. The first-order valence-corrected chi connectivity index (χ1v) is 6.84. The lowest BCUT2D eigenvalue weighted by Gasteiger charge is -2.14. The summed E-state index contributed by atoms with van der Waals surface area (Å²) in [5.74, 6) is 0.788. The highest BCUT2D eigenvalue weighted by atomic mass is 16.6. The quantitative estimate of drug-likeness (QED) is 0.655.